The van der Waals surface area contributed by atoms with Crippen LogP contribution in [-0.4, -0.2) is 49.3 Å². The molecular weight excluding hydrogens is 957 g/mol. The van der Waals surface area contributed by atoms with Crippen molar-refractivity contribution in [2.75, 3.05) is 13.2 Å². The average Bonchev–Trinajstić information content (AvgIpc) is 3.42. The van der Waals surface area contributed by atoms with E-state index >= 15 is 0 Å². The van der Waals surface area contributed by atoms with Crippen molar-refractivity contribution in [3.8, 4) is 0 Å². The zero-order chi connectivity index (χ0) is 56.0. The molecule has 2 unspecified atom stereocenters. The van der Waals surface area contributed by atoms with Crippen molar-refractivity contribution in [3.63, 3.8) is 0 Å². The highest BCUT2D eigenvalue weighted by atomic mass is 16.6. The molecule has 8 heteroatoms. The fourth-order valence-electron chi connectivity index (χ4n) is 10.8. The van der Waals surface area contributed by atoms with Gasteiger partial charge in [-0.1, -0.05) is 278 Å². The van der Waals surface area contributed by atoms with E-state index in [1.165, 1.54) is 167 Å². The Morgan fingerprint density at radius 3 is 0.636 bits per heavy atom. The molecular formula is C69H132O8. The summed E-state index contributed by atoms with van der Waals surface area (Å²) >= 11 is 0. The summed E-state index contributed by atoms with van der Waals surface area (Å²) in [6, 6.07) is 0. The number of unbranched alkanes of at least 4 members (excludes halogenated alkanes) is 42. The molecule has 0 saturated heterocycles. The van der Waals surface area contributed by atoms with Gasteiger partial charge >= 0.3 is 23.9 Å². The molecule has 0 aliphatic carbocycles. The molecule has 0 aliphatic rings. The van der Waals surface area contributed by atoms with Gasteiger partial charge < -0.3 is 18.9 Å². The molecule has 0 aromatic carbocycles. The molecule has 0 bridgehead atoms. The normalized spacial score (nSPS) is 12.2. The SMILES string of the molecule is CCCCCCCCCCCC(=O)OC(CCCCCCCC)CCCCCCCCC(=O)OCCCCCCCCCOC(=O)CCCCCCCC(CCCCCCCCC)OC(=O)CCCCCCCCCCC. The van der Waals surface area contributed by atoms with E-state index in [9.17, 15) is 19.2 Å². The molecule has 8 nitrogen and oxygen atoms in total. The average molecular weight is 1090 g/mol. The lowest BCUT2D eigenvalue weighted by atomic mass is 10.0. The first-order chi connectivity index (χ1) is 37.9. The number of esters is 4. The van der Waals surface area contributed by atoms with Crippen LogP contribution in [0.15, 0.2) is 0 Å². The first-order valence-electron chi connectivity index (χ1n) is 34.6. The van der Waals surface area contributed by atoms with Crippen LogP contribution in [0.4, 0.5) is 0 Å². The van der Waals surface area contributed by atoms with Crippen LogP contribution in [0.3, 0.4) is 0 Å². The third-order valence-electron chi connectivity index (χ3n) is 16.0. The fraction of sp³-hybridized carbons (Fsp3) is 0.942. The number of carbonyl (C=O) groups excluding carboxylic acids is 4. The predicted octanol–water partition coefficient (Wildman–Crippen LogP) is 22.2. The van der Waals surface area contributed by atoms with E-state index in [1.54, 1.807) is 0 Å². The molecule has 77 heavy (non-hydrogen) atoms. The lowest BCUT2D eigenvalue weighted by Crippen LogP contribution is -2.18. The molecule has 0 aliphatic heterocycles. The van der Waals surface area contributed by atoms with Crippen LogP contribution in [0, 0.1) is 0 Å². The highest BCUT2D eigenvalue weighted by Crippen LogP contribution is 2.22. The Hall–Kier alpha value is -2.12. The quantitative estimate of drug-likeness (QED) is 0.0337. The molecule has 0 aromatic heterocycles. The molecule has 0 saturated carbocycles. The molecule has 0 heterocycles. The molecule has 0 amide bonds. The number of rotatable bonds is 64. The van der Waals surface area contributed by atoms with E-state index in [1.807, 2.05) is 0 Å². The van der Waals surface area contributed by atoms with Gasteiger partial charge in [0.2, 0.25) is 0 Å². The Balaban J connectivity index is 3.95. The van der Waals surface area contributed by atoms with Gasteiger partial charge in [0, 0.05) is 25.7 Å². The van der Waals surface area contributed by atoms with Crippen molar-refractivity contribution < 1.29 is 38.1 Å². The second-order valence-corrected chi connectivity index (χ2v) is 23.7. The van der Waals surface area contributed by atoms with Crippen molar-refractivity contribution in [1.29, 1.82) is 0 Å². The number of hydrogen-bond acceptors (Lipinski definition) is 8. The molecule has 0 spiro atoms. The van der Waals surface area contributed by atoms with Gasteiger partial charge in [-0.05, 0) is 89.9 Å². The van der Waals surface area contributed by atoms with E-state index in [0.29, 0.717) is 38.9 Å². The predicted molar refractivity (Wildman–Crippen MR) is 328 cm³/mol. The van der Waals surface area contributed by atoms with E-state index in [0.717, 1.165) is 173 Å². The van der Waals surface area contributed by atoms with Crippen molar-refractivity contribution >= 4 is 23.9 Å². The minimum Gasteiger partial charge on any atom is -0.466 e. The summed E-state index contributed by atoms with van der Waals surface area (Å²) < 4.78 is 23.2. The smallest absolute Gasteiger partial charge is 0.306 e. The summed E-state index contributed by atoms with van der Waals surface area (Å²) in [6.45, 7) is 10.1. The van der Waals surface area contributed by atoms with Gasteiger partial charge in [0.25, 0.3) is 0 Å². The summed E-state index contributed by atoms with van der Waals surface area (Å²) in [5.74, 6) is -0.111. The fourth-order valence-corrected chi connectivity index (χ4v) is 10.8. The number of carbonyl (C=O) groups is 4. The van der Waals surface area contributed by atoms with Crippen LogP contribution < -0.4 is 0 Å². The summed E-state index contributed by atoms with van der Waals surface area (Å²) in [4.78, 5) is 50.1. The monoisotopic (exact) mass is 1090 g/mol. The Morgan fingerprint density at radius 2 is 0.403 bits per heavy atom. The minimum absolute atomic E-state index is 0.00515. The van der Waals surface area contributed by atoms with Crippen molar-refractivity contribution in [2.24, 2.45) is 0 Å². The van der Waals surface area contributed by atoms with Crippen LogP contribution in [-0.2, 0) is 38.1 Å². The second-order valence-electron chi connectivity index (χ2n) is 23.7. The Labute approximate surface area is 479 Å². The summed E-state index contributed by atoms with van der Waals surface area (Å²) in [7, 11) is 0. The maximum Gasteiger partial charge on any atom is 0.306 e. The van der Waals surface area contributed by atoms with Gasteiger partial charge in [0.1, 0.15) is 12.2 Å². The van der Waals surface area contributed by atoms with E-state index in [4.69, 9.17) is 18.9 Å². The largest absolute Gasteiger partial charge is 0.466 e. The van der Waals surface area contributed by atoms with E-state index in [2.05, 4.69) is 27.7 Å². The molecule has 2 atom stereocenters. The van der Waals surface area contributed by atoms with Crippen molar-refractivity contribution in [1.82, 2.24) is 0 Å². The molecule has 0 aromatic rings. The van der Waals surface area contributed by atoms with Gasteiger partial charge in [-0.15, -0.1) is 0 Å². The van der Waals surface area contributed by atoms with Crippen LogP contribution in [0.5, 0.6) is 0 Å². The Bertz CT molecular complexity index is 1240. The highest BCUT2D eigenvalue weighted by Gasteiger charge is 2.16. The molecule has 0 rings (SSSR count). The zero-order valence-corrected chi connectivity index (χ0v) is 52.1. The maximum absolute atomic E-state index is 12.8. The lowest BCUT2D eigenvalue weighted by molar-refractivity contribution is -0.151. The van der Waals surface area contributed by atoms with E-state index < -0.39 is 0 Å². The van der Waals surface area contributed by atoms with Crippen LogP contribution in [0.2, 0.25) is 0 Å². The summed E-state index contributed by atoms with van der Waals surface area (Å²) in [5, 5.41) is 0. The van der Waals surface area contributed by atoms with Gasteiger partial charge in [-0.25, -0.2) is 0 Å². The first-order valence-corrected chi connectivity index (χ1v) is 34.6. The second kappa shape index (κ2) is 63.1. The third-order valence-corrected chi connectivity index (χ3v) is 16.0. The van der Waals surface area contributed by atoms with Crippen LogP contribution in [0.25, 0.3) is 0 Å². The topological polar surface area (TPSA) is 105 Å². The molecule has 456 valence electrons. The Kier molecular flexibility index (Phi) is 61.3. The molecule has 0 fully saturated rings. The first kappa shape index (κ1) is 74.9. The van der Waals surface area contributed by atoms with Gasteiger partial charge in [-0.2, -0.15) is 0 Å². The molecule has 0 radical (unpaired) electrons. The van der Waals surface area contributed by atoms with E-state index in [-0.39, 0.29) is 36.1 Å². The van der Waals surface area contributed by atoms with Gasteiger partial charge in [0.05, 0.1) is 13.2 Å². The standard InChI is InChI=1S/C69H132O8/c1-5-9-13-17-21-23-27-39-50-60-68(72)76-64(54-44-34-20-16-12-8-4)56-46-36-29-30-38-48-58-66(70)74-62-52-42-31-25-32-43-53-63-75-67(71)59-49-41-33-37-47-57-65(55-45-35-26-19-15-11-7-3)77-69(73)61-51-40-28-24-22-18-14-10-6-2/h64-65H,5-63H2,1-4H3. The highest BCUT2D eigenvalue weighted by molar-refractivity contribution is 5.70. The van der Waals surface area contributed by atoms with Crippen LogP contribution in [0.1, 0.15) is 394 Å². The van der Waals surface area contributed by atoms with Crippen LogP contribution >= 0.6 is 0 Å². The summed E-state index contributed by atoms with van der Waals surface area (Å²) in [5.41, 5.74) is 0. The van der Waals surface area contributed by atoms with Crippen molar-refractivity contribution in [2.45, 2.75) is 406 Å². The number of hydrogen-bond donors (Lipinski definition) is 0. The van der Waals surface area contributed by atoms with Crippen molar-refractivity contribution in [3.05, 3.63) is 0 Å². The lowest BCUT2D eigenvalue weighted by Gasteiger charge is -2.18. The maximum atomic E-state index is 12.8. The zero-order valence-electron chi connectivity index (χ0n) is 52.1. The van der Waals surface area contributed by atoms with Gasteiger partial charge in [-0.3, -0.25) is 19.2 Å². The Morgan fingerprint density at radius 1 is 0.221 bits per heavy atom. The number of ether oxygens (including phenoxy) is 4. The van der Waals surface area contributed by atoms with Gasteiger partial charge in [0.15, 0.2) is 0 Å². The third kappa shape index (κ3) is 59.8. The molecule has 0 N–H and O–H groups in total. The summed E-state index contributed by atoms with van der Waals surface area (Å²) in [6.07, 6.45) is 64.6. The minimum atomic E-state index is -0.0676.